The van der Waals surface area contributed by atoms with Crippen LogP contribution >= 0.6 is 11.3 Å². The van der Waals surface area contributed by atoms with Gasteiger partial charge in [-0.3, -0.25) is 9.78 Å². The van der Waals surface area contributed by atoms with Crippen molar-refractivity contribution in [2.75, 3.05) is 18.5 Å². The second kappa shape index (κ2) is 10.3. The maximum Gasteiger partial charge on any atom is 0.341 e. The van der Waals surface area contributed by atoms with Crippen LogP contribution in [0.1, 0.15) is 76.4 Å². The van der Waals surface area contributed by atoms with Crippen molar-refractivity contribution >= 4 is 45.1 Å². The fourth-order valence-electron chi connectivity index (χ4n) is 4.12. The highest BCUT2D eigenvalue weighted by Crippen LogP contribution is 2.34. The Morgan fingerprint density at radius 1 is 1.09 bits per heavy atom. The summed E-state index contributed by atoms with van der Waals surface area (Å²) >= 11 is 1.32. The fourth-order valence-corrected chi connectivity index (χ4v) is 5.18. The molecule has 1 aliphatic carbocycles. The number of pyridine rings is 1. The lowest BCUT2D eigenvalue weighted by Gasteiger charge is -2.19. The molecule has 0 aliphatic heterocycles. The molecule has 0 spiro atoms. The molecule has 4 rings (SSSR count). The van der Waals surface area contributed by atoms with Crippen molar-refractivity contribution in [3.8, 4) is 0 Å². The monoisotopic (exact) mass is 480 g/mol. The van der Waals surface area contributed by atoms with E-state index in [2.05, 4.69) is 5.32 Å². The summed E-state index contributed by atoms with van der Waals surface area (Å²) in [5.41, 5.74) is 3.40. The number of anilines is 1. The smallest absolute Gasteiger partial charge is 0.341 e. The third kappa shape index (κ3) is 4.97. The van der Waals surface area contributed by atoms with Gasteiger partial charge in [0.15, 0.2) is 6.61 Å². The Labute approximate surface area is 202 Å². The van der Waals surface area contributed by atoms with Gasteiger partial charge in [0.1, 0.15) is 5.00 Å². The molecule has 7 nitrogen and oxygen atoms in total. The Morgan fingerprint density at radius 3 is 2.62 bits per heavy atom. The number of ether oxygens (including phenoxy) is 2. The molecule has 1 N–H and O–H groups in total. The number of rotatable bonds is 7. The second-order valence-corrected chi connectivity index (χ2v) is 9.61. The number of esters is 2. The number of nitrogens with zero attached hydrogens (tertiary/aromatic N) is 1. The highest BCUT2D eigenvalue weighted by molar-refractivity contribution is 7.16. The van der Waals surface area contributed by atoms with Gasteiger partial charge in [0.05, 0.1) is 23.3 Å². The molecule has 2 aromatic heterocycles. The van der Waals surface area contributed by atoms with Crippen LogP contribution in [0.3, 0.4) is 0 Å². The van der Waals surface area contributed by atoms with Crippen LogP contribution in [0, 0.1) is 0 Å². The molecule has 0 unspecified atom stereocenters. The Kier molecular flexibility index (Phi) is 7.26. The van der Waals surface area contributed by atoms with Crippen LogP contribution in [0.25, 0.3) is 10.9 Å². The van der Waals surface area contributed by atoms with Crippen LogP contribution in [-0.4, -0.2) is 36.0 Å². The molecule has 1 aromatic carbocycles. The first-order valence-corrected chi connectivity index (χ1v) is 12.4. The number of amides is 1. The first kappa shape index (κ1) is 23.9. The topological polar surface area (TPSA) is 94.6 Å². The van der Waals surface area contributed by atoms with Crippen molar-refractivity contribution in [1.82, 2.24) is 4.98 Å². The van der Waals surface area contributed by atoms with Crippen molar-refractivity contribution in [2.45, 2.75) is 52.4 Å². The lowest BCUT2D eigenvalue weighted by Crippen LogP contribution is -2.23. The molecule has 2 heterocycles. The third-order valence-corrected chi connectivity index (χ3v) is 7.13. The molecule has 0 bridgehead atoms. The number of aromatic nitrogens is 1. The van der Waals surface area contributed by atoms with Crippen molar-refractivity contribution in [2.24, 2.45) is 0 Å². The number of hydrogen-bond acceptors (Lipinski definition) is 7. The number of fused-ring (bicyclic) bond motifs is 2. The number of carbonyl (C=O) groups is 3. The Morgan fingerprint density at radius 2 is 1.85 bits per heavy atom. The molecule has 0 saturated carbocycles. The Balaban J connectivity index is 1.52. The SMILES string of the molecule is CCOC(=O)c1cc(C(C)C)sc1NC(=O)COC(=O)c1c2c(nc3ccccc13)CCCC2. The van der Waals surface area contributed by atoms with Crippen molar-refractivity contribution in [1.29, 1.82) is 0 Å². The van der Waals surface area contributed by atoms with E-state index in [1.54, 1.807) is 13.0 Å². The lowest BCUT2D eigenvalue weighted by molar-refractivity contribution is -0.119. The third-order valence-electron chi connectivity index (χ3n) is 5.78. The van der Waals surface area contributed by atoms with Crippen LogP contribution < -0.4 is 5.32 Å². The normalized spacial score (nSPS) is 12.9. The van der Waals surface area contributed by atoms with Crippen LogP contribution in [0.15, 0.2) is 30.3 Å². The highest BCUT2D eigenvalue weighted by atomic mass is 32.1. The molecule has 178 valence electrons. The van der Waals surface area contributed by atoms with Crippen LogP contribution in [-0.2, 0) is 27.1 Å². The zero-order valence-electron chi connectivity index (χ0n) is 19.6. The van der Waals surface area contributed by atoms with Gasteiger partial charge in [0, 0.05) is 16.0 Å². The van der Waals surface area contributed by atoms with Gasteiger partial charge >= 0.3 is 11.9 Å². The zero-order chi connectivity index (χ0) is 24.2. The van der Waals surface area contributed by atoms with Gasteiger partial charge in [-0.1, -0.05) is 32.0 Å². The summed E-state index contributed by atoms with van der Waals surface area (Å²) in [6.07, 6.45) is 3.62. The molecule has 8 heteroatoms. The van der Waals surface area contributed by atoms with Gasteiger partial charge in [0.2, 0.25) is 0 Å². The summed E-state index contributed by atoms with van der Waals surface area (Å²) in [5.74, 6) is -1.35. The molecule has 0 fully saturated rings. The maximum absolute atomic E-state index is 13.1. The number of thiophene rings is 1. The minimum absolute atomic E-state index is 0.188. The molecule has 0 atom stereocenters. The van der Waals surface area contributed by atoms with E-state index in [1.165, 1.54) is 11.3 Å². The van der Waals surface area contributed by atoms with E-state index < -0.39 is 24.5 Å². The molecule has 0 radical (unpaired) electrons. The first-order valence-electron chi connectivity index (χ1n) is 11.6. The molecule has 3 aromatic rings. The predicted molar refractivity (Wildman–Crippen MR) is 132 cm³/mol. The molecule has 34 heavy (non-hydrogen) atoms. The highest BCUT2D eigenvalue weighted by Gasteiger charge is 2.25. The molecule has 0 saturated heterocycles. The number of hydrogen-bond donors (Lipinski definition) is 1. The zero-order valence-corrected chi connectivity index (χ0v) is 20.4. The largest absolute Gasteiger partial charge is 0.462 e. The van der Waals surface area contributed by atoms with Gasteiger partial charge in [-0.15, -0.1) is 11.3 Å². The van der Waals surface area contributed by atoms with Gasteiger partial charge in [0.25, 0.3) is 5.91 Å². The summed E-state index contributed by atoms with van der Waals surface area (Å²) in [6.45, 7) is 5.52. The van der Waals surface area contributed by atoms with Gasteiger partial charge in [-0.25, -0.2) is 9.59 Å². The number of carbonyl (C=O) groups excluding carboxylic acids is 3. The first-order chi connectivity index (χ1) is 16.4. The molecular formula is C26H28N2O5S. The van der Waals surface area contributed by atoms with Crippen molar-refractivity contribution in [3.63, 3.8) is 0 Å². The number of benzene rings is 1. The summed E-state index contributed by atoms with van der Waals surface area (Å²) in [7, 11) is 0. The van der Waals surface area contributed by atoms with E-state index in [9.17, 15) is 14.4 Å². The number of para-hydroxylation sites is 1. The molecule has 1 amide bonds. The van der Waals surface area contributed by atoms with E-state index in [4.69, 9.17) is 14.5 Å². The average Bonchev–Trinajstić information content (AvgIpc) is 3.25. The summed E-state index contributed by atoms with van der Waals surface area (Å²) < 4.78 is 10.6. The van der Waals surface area contributed by atoms with Gasteiger partial charge in [-0.2, -0.15) is 0 Å². The van der Waals surface area contributed by atoms with Crippen LogP contribution in [0.4, 0.5) is 5.00 Å². The summed E-state index contributed by atoms with van der Waals surface area (Å²) in [6, 6.07) is 9.24. The summed E-state index contributed by atoms with van der Waals surface area (Å²) in [4.78, 5) is 43.8. The minimum atomic E-state index is -0.536. The number of aryl methyl sites for hydroxylation is 1. The van der Waals surface area contributed by atoms with Gasteiger partial charge < -0.3 is 14.8 Å². The van der Waals surface area contributed by atoms with E-state index in [1.807, 2.05) is 38.1 Å². The van der Waals surface area contributed by atoms with Crippen LogP contribution in [0.5, 0.6) is 0 Å². The lowest BCUT2D eigenvalue weighted by atomic mass is 9.90. The van der Waals surface area contributed by atoms with E-state index in [0.717, 1.165) is 52.7 Å². The molecular weight excluding hydrogens is 452 g/mol. The number of nitrogens with one attached hydrogen (secondary N) is 1. The fraction of sp³-hybridized carbons (Fsp3) is 0.385. The van der Waals surface area contributed by atoms with Crippen LogP contribution in [0.2, 0.25) is 0 Å². The summed E-state index contributed by atoms with van der Waals surface area (Å²) in [5, 5.41) is 3.85. The van der Waals surface area contributed by atoms with Gasteiger partial charge in [-0.05, 0) is 56.2 Å². The quantitative estimate of drug-likeness (QED) is 0.463. The van der Waals surface area contributed by atoms with Crippen molar-refractivity contribution in [3.05, 3.63) is 57.6 Å². The van der Waals surface area contributed by atoms with E-state index in [-0.39, 0.29) is 12.5 Å². The maximum atomic E-state index is 13.1. The Bertz CT molecular complexity index is 1250. The van der Waals surface area contributed by atoms with E-state index in [0.29, 0.717) is 16.1 Å². The standard InChI is InChI=1S/C26H28N2O5S/c1-4-32-25(30)18-13-21(15(2)3)34-24(18)28-22(29)14-33-26(31)23-16-9-5-7-11-19(16)27-20-12-8-6-10-17(20)23/h5,7,9,11,13,15H,4,6,8,10,12,14H2,1-3H3,(H,28,29). The second-order valence-electron chi connectivity index (χ2n) is 8.53. The Hall–Kier alpha value is -3.26. The average molecular weight is 481 g/mol. The predicted octanol–water partition coefficient (Wildman–Crippen LogP) is 5.27. The van der Waals surface area contributed by atoms with E-state index >= 15 is 0 Å². The van der Waals surface area contributed by atoms with Crippen molar-refractivity contribution < 1.29 is 23.9 Å². The minimum Gasteiger partial charge on any atom is -0.462 e. The molecule has 1 aliphatic rings.